The van der Waals surface area contributed by atoms with Crippen LogP contribution in [0.25, 0.3) is 0 Å². The van der Waals surface area contributed by atoms with Gasteiger partial charge in [-0.1, -0.05) is 22.0 Å². The smallest absolute Gasteiger partial charge is 0.271 e. The molecule has 0 bridgehead atoms. The molecule has 1 N–H and O–H groups in total. The van der Waals surface area contributed by atoms with E-state index >= 15 is 0 Å². The van der Waals surface area contributed by atoms with Crippen molar-refractivity contribution in [2.24, 2.45) is 5.10 Å². The second-order valence-corrected chi connectivity index (χ2v) is 6.77. The van der Waals surface area contributed by atoms with Gasteiger partial charge in [0.2, 0.25) is 11.1 Å². The van der Waals surface area contributed by atoms with Crippen LogP contribution in [0.2, 0.25) is 5.28 Å². The van der Waals surface area contributed by atoms with Crippen LogP contribution in [0.15, 0.2) is 58.2 Å². The summed E-state index contributed by atoms with van der Waals surface area (Å²) in [5.74, 6) is -0.972. The molecule has 0 atom stereocenters. The first-order valence-electron chi connectivity index (χ1n) is 8.09. The van der Waals surface area contributed by atoms with Crippen molar-refractivity contribution in [3.8, 4) is 17.4 Å². The lowest BCUT2D eigenvalue weighted by molar-refractivity contribution is 0.0955. The van der Waals surface area contributed by atoms with Gasteiger partial charge in [-0.05, 0) is 53.6 Å². The number of rotatable bonds is 6. The van der Waals surface area contributed by atoms with Gasteiger partial charge >= 0.3 is 0 Å². The summed E-state index contributed by atoms with van der Waals surface area (Å²) in [6.07, 6.45) is 2.31. The standard InChI is InChI=1S/C19H13BrClFN4O3/c1-28-15-6-5-11(7-16(15)29-18-14(22)10-23-19(21)25-18)9-24-26-17(27)12-3-2-4-13(20)8-12/h2-10H,1H3,(H,26,27). The number of nitrogens with zero attached hydrogens (tertiary/aromatic N) is 3. The Hall–Kier alpha value is -3.04. The molecule has 1 aromatic heterocycles. The Morgan fingerprint density at radius 1 is 1.28 bits per heavy atom. The molecule has 0 spiro atoms. The Labute approximate surface area is 178 Å². The fraction of sp³-hybridized carbons (Fsp3) is 0.0526. The molecule has 3 aromatic rings. The van der Waals surface area contributed by atoms with E-state index in [1.54, 1.807) is 36.4 Å². The molecule has 148 valence electrons. The minimum Gasteiger partial charge on any atom is -0.493 e. The van der Waals surface area contributed by atoms with Gasteiger partial charge < -0.3 is 9.47 Å². The van der Waals surface area contributed by atoms with Crippen molar-refractivity contribution in [3.63, 3.8) is 0 Å². The van der Waals surface area contributed by atoms with Gasteiger partial charge in [0.25, 0.3) is 11.8 Å². The third kappa shape index (κ3) is 5.49. The van der Waals surface area contributed by atoms with Crippen LogP contribution in [0, 0.1) is 5.82 Å². The third-order valence-electron chi connectivity index (χ3n) is 3.54. The summed E-state index contributed by atoms with van der Waals surface area (Å²) < 4.78 is 25.3. The van der Waals surface area contributed by atoms with Gasteiger partial charge in [0, 0.05) is 10.0 Å². The highest BCUT2D eigenvalue weighted by molar-refractivity contribution is 9.10. The summed E-state index contributed by atoms with van der Waals surface area (Å²) in [6.45, 7) is 0. The number of carbonyl (C=O) groups is 1. The molecule has 10 heteroatoms. The largest absolute Gasteiger partial charge is 0.493 e. The molecule has 1 amide bonds. The minimum absolute atomic E-state index is 0.159. The zero-order chi connectivity index (χ0) is 20.8. The Morgan fingerprint density at radius 3 is 2.86 bits per heavy atom. The molecule has 3 rings (SSSR count). The number of benzene rings is 2. The van der Waals surface area contributed by atoms with E-state index in [-0.39, 0.29) is 22.8 Å². The second kappa shape index (κ2) is 9.44. The Morgan fingerprint density at radius 2 is 2.10 bits per heavy atom. The second-order valence-electron chi connectivity index (χ2n) is 5.51. The Bertz CT molecular complexity index is 1080. The number of hydrogen-bond donors (Lipinski definition) is 1. The van der Waals surface area contributed by atoms with E-state index in [0.29, 0.717) is 16.9 Å². The van der Waals surface area contributed by atoms with Crippen molar-refractivity contribution in [2.75, 3.05) is 7.11 Å². The van der Waals surface area contributed by atoms with E-state index < -0.39 is 5.82 Å². The fourth-order valence-electron chi connectivity index (χ4n) is 2.22. The lowest BCUT2D eigenvalue weighted by Crippen LogP contribution is -2.17. The first-order chi connectivity index (χ1) is 14.0. The molecule has 0 aliphatic carbocycles. The summed E-state index contributed by atoms with van der Waals surface area (Å²) in [4.78, 5) is 19.3. The quantitative estimate of drug-likeness (QED) is 0.317. The number of amides is 1. The average Bonchev–Trinajstić information content (AvgIpc) is 2.71. The lowest BCUT2D eigenvalue weighted by atomic mass is 10.2. The summed E-state index contributed by atoms with van der Waals surface area (Å²) in [6, 6.07) is 11.7. The Balaban J connectivity index is 1.76. The van der Waals surface area contributed by atoms with Gasteiger partial charge in [-0.15, -0.1) is 0 Å². The highest BCUT2D eigenvalue weighted by Gasteiger charge is 2.13. The summed E-state index contributed by atoms with van der Waals surface area (Å²) >= 11 is 8.99. The number of halogens is 3. The molecule has 0 fully saturated rings. The van der Waals surface area contributed by atoms with E-state index in [1.807, 2.05) is 6.07 Å². The van der Waals surface area contributed by atoms with Crippen LogP contribution in [0.1, 0.15) is 15.9 Å². The maximum Gasteiger partial charge on any atom is 0.271 e. The first-order valence-corrected chi connectivity index (χ1v) is 9.26. The lowest BCUT2D eigenvalue weighted by Gasteiger charge is -2.10. The molecule has 0 radical (unpaired) electrons. The van der Waals surface area contributed by atoms with Gasteiger partial charge in [0.05, 0.1) is 19.5 Å². The van der Waals surface area contributed by atoms with Crippen molar-refractivity contribution < 1.29 is 18.7 Å². The number of methoxy groups -OCH3 is 1. The SMILES string of the molecule is COc1ccc(C=NNC(=O)c2cccc(Br)c2)cc1Oc1nc(Cl)ncc1F. The van der Waals surface area contributed by atoms with Crippen LogP contribution in [-0.2, 0) is 0 Å². The molecule has 7 nitrogen and oxygen atoms in total. The molecule has 0 aliphatic rings. The molecular formula is C19H13BrClFN4O3. The summed E-state index contributed by atoms with van der Waals surface area (Å²) in [7, 11) is 1.44. The van der Waals surface area contributed by atoms with Crippen molar-refractivity contribution in [1.82, 2.24) is 15.4 Å². The fourth-order valence-corrected chi connectivity index (χ4v) is 2.74. The van der Waals surface area contributed by atoms with Gasteiger partial charge in [-0.3, -0.25) is 4.79 Å². The van der Waals surface area contributed by atoms with Gasteiger partial charge in [0.15, 0.2) is 11.5 Å². The number of nitrogens with one attached hydrogen (secondary N) is 1. The molecule has 0 saturated carbocycles. The molecule has 0 aliphatic heterocycles. The highest BCUT2D eigenvalue weighted by Crippen LogP contribution is 2.32. The molecule has 29 heavy (non-hydrogen) atoms. The third-order valence-corrected chi connectivity index (χ3v) is 4.22. The predicted octanol–water partition coefficient (Wildman–Crippen LogP) is 4.60. The number of ether oxygens (including phenoxy) is 2. The summed E-state index contributed by atoms with van der Waals surface area (Å²) in [5, 5.41) is 3.77. The maximum absolute atomic E-state index is 13.8. The zero-order valence-corrected chi connectivity index (χ0v) is 17.2. The number of hydrazone groups is 1. The van der Waals surface area contributed by atoms with Crippen molar-refractivity contribution in [2.45, 2.75) is 0 Å². The minimum atomic E-state index is -0.781. The van der Waals surface area contributed by atoms with Crippen LogP contribution >= 0.6 is 27.5 Å². The normalized spacial score (nSPS) is 10.8. The highest BCUT2D eigenvalue weighted by atomic mass is 79.9. The first kappa shape index (κ1) is 20.7. The van der Waals surface area contributed by atoms with Crippen molar-refractivity contribution in [3.05, 3.63) is 75.4 Å². The zero-order valence-electron chi connectivity index (χ0n) is 14.9. The van der Waals surface area contributed by atoms with Gasteiger partial charge in [-0.2, -0.15) is 14.5 Å². The van der Waals surface area contributed by atoms with Gasteiger partial charge in [-0.25, -0.2) is 10.4 Å². The Kier molecular flexibility index (Phi) is 6.73. The van der Waals surface area contributed by atoms with E-state index in [2.05, 4.69) is 36.4 Å². The number of aromatic nitrogens is 2. The van der Waals surface area contributed by atoms with Crippen molar-refractivity contribution >= 4 is 39.7 Å². The molecule has 1 heterocycles. The van der Waals surface area contributed by atoms with Crippen LogP contribution in [0.4, 0.5) is 4.39 Å². The molecule has 2 aromatic carbocycles. The van der Waals surface area contributed by atoms with Crippen LogP contribution < -0.4 is 14.9 Å². The van der Waals surface area contributed by atoms with E-state index in [4.69, 9.17) is 21.1 Å². The predicted molar refractivity (Wildman–Crippen MR) is 109 cm³/mol. The van der Waals surface area contributed by atoms with Crippen LogP contribution in [0.5, 0.6) is 17.4 Å². The van der Waals surface area contributed by atoms with Crippen LogP contribution in [0.3, 0.4) is 0 Å². The maximum atomic E-state index is 13.8. The number of hydrogen-bond acceptors (Lipinski definition) is 6. The molecular weight excluding hydrogens is 467 g/mol. The average molecular weight is 480 g/mol. The number of carbonyl (C=O) groups excluding carboxylic acids is 1. The summed E-state index contributed by atoms with van der Waals surface area (Å²) in [5.41, 5.74) is 3.44. The van der Waals surface area contributed by atoms with Crippen LogP contribution in [-0.4, -0.2) is 29.2 Å². The van der Waals surface area contributed by atoms with Gasteiger partial charge in [0.1, 0.15) is 0 Å². The monoisotopic (exact) mass is 478 g/mol. The molecule has 0 unspecified atom stereocenters. The van der Waals surface area contributed by atoms with Crippen molar-refractivity contribution in [1.29, 1.82) is 0 Å². The van der Waals surface area contributed by atoms with E-state index in [1.165, 1.54) is 13.3 Å². The van der Waals surface area contributed by atoms with E-state index in [0.717, 1.165) is 10.7 Å². The van der Waals surface area contributed by atoms with E-state index in [9.17, 15) is 9.18 Å². The molecule has 0 saturated heterocycles. The topological polar surface area (TPSA) is 85.7 Å².